The number of hydrogen-bond acceptors (Lipinski definition) is 2. The molecule has 72 valence electrons. The predicted octanol–water partition coefficient (Wildman–Crippen LogP) is 3.20. The van der Waals surface area contributed by atoms with Gasteiger partial charge in [-0.15, -0.1) is 0 Å². The molecule has 0 aromatic heterocycles. The largest absolute Gasteiger partial charge is 0.380 e. The van der Waals surface area contributed by atoms with Crippen molar-refractivity contribution in [3.63, 3.8) is 0 Å². The molecule has 1 rings (SSSR count). The van der Waals surface area contributed by atoms with Crippen LogP contribution < -0.4 is 5.32 Å². The minimum Gasteiger partial charge on any atom is -0.380 e. The van der Waals surface area contributed by atoms with Crippen molar-refractivity contribution >= 4 is 17.3 Å². The van der Waals surface area contributed by atoms with Gasteiger partial charge in [0.1, 0.15) is 6.07 Å². The van der Waals surface area contributed by atoms with Crippen molar-refractivity contribution in [3.05, 3.63) is 40.9 Å². The maximum atomic E-state index is 8.87. The topological polar surface area (TPSA) is 35.8 Å². The summed E-state index contributed by atoms with van der Waals surface area (Å²) in [6.07, 6.45) is 0. The van der Waals surface area contributed by atoms with Gasteiger partial charge in [0.25, 0.3) is 0 Å². The van der Waals surface area contributed by atoms with Crippen LogP contribution >= 0.6 is 11.6 Å². The van der Waals surface area contributed by atoms with Gasteiger partial charge in [-0.2, -0.15) is 5.26 Å². The number of nitrogens with zero attached hydrogens (tertiary/aromatic N) is 1. The van der Waals surface area contributed by atoms with Crippen LogP contribution in [-0.2, 0) is 0 Å². The number of hydrogen-bond donors (Lipinski definition) is 1. The summed E-state index contributed by atoms with van der Waals surface area (Å²) in [5.41, 5.74) is 2.24. The molecule has 3 heteroatoms. The Morgan fingerprint density at radius 3 is 2.93 bits per heavy atom. The quantitative estimate of drug-likeness (QED) is 0.771. The van der Waals surface area contributed by atoms with E-state index in [1.165, 1.54) is 0 Å². The van der Waals surface area contributed by atoms with E-state index in [4.69, 9.17) is 16.9 Å². The Labute approximate surface area is 88.8 Å². The fourth-order valence-corrected chi connectivity index (χ4v) is 1.25. The van der Waals surface area contributed by atoms with Gasteiger partial charge in [0, 0.05) is 6.54 Å². The Morgan fingerprint density at radius 2 is 2.36 bits per heavy atom. The molecule has 0 atom stereocenters. The molecule has 0 heterocycles. The van der Waals surface area contributed by atoms with Gasteiger partial charge in [0.15, 0.2) is 0 Å². The Kier molecular flexibility index (Phi) is 3.55. The second kappa shape index (κ2) is 4.69. The summed E-state index contributed by atoms with van der Waals surface area (Å²) in [6, 6.07) is 7.40. The van der Waals surface area contributed by atoms with Crippen LogP contribution in [-0.4, -0.2) is 6.54 Å². The molecular weight excluding hydrogens is 196 g/mol. The minimum absolute atomic E-state index is 0.471. The fraction of sp³-hybridized carbons (Fsp3) is 0.182. The second-order valence-corrected chi connectivity index (χ2v) is 3.49. The number of halogens is 1. The number of benzene rings is 1. The van der Waals surface area contributed by atoms with E-state index < -0.39 is 0 Å². The van der Waals surface area contributed by atoms with Crippen molar-refractivity contribution in [3.8, 4) is 6.07 Å². The molecule has 0 unspecified atom stereocenters. The predicted molar refractivity (Wildman–Crippen MR) is 59.5 cm³/mol. The van der Waals surface area contributed by atoms with Gasteiger partial charge in [0.05, 0.1) is 16.3 Å². The monoisotopic (exact) mass is 206 g/mol. The first-order chi connectivity index (χ1) is 6.65. The van der Waals surface area contributed by atoms with Crippen LogP contribution in [0.15, 0.2) is 30.4 Å². The van der Waals surface area contributed by atoms with Gasteiger partial charge < -0.3 is 5.32 Å². The maximum Gasteiger partial charge on any atom is 0.103 e. The summed E-state index contributed by atoms with van der Waals surface area (Å²) < 4.78 is 0. The Bertz CT molecular complexity index is 391. The van der Waals surface area contributed by atoms with Crippen LogP contribution in [0.25, 0.3) is 0 Å². The number of nitrogens with one attached hydrogen (secondary N) is 1. The molecule has 0 aliphatic rings. The molecular formula is C11H11ClN2. The molecule has 14 heavy (non-hydrogen) atoms. The molecule has 1 aromatic carbocycles. The van der Waals surface area contributed by atoms with Crippen molar-refractivity contribution in [2.45, 2.75) is 6.92 Å². The van der Waals surface area contributed by atoms with E-state index in [0.717, 1.165) is 11.3 Å². The van der Waals surface area contributed by atoms with Crippen molar-refractivity contribution in [1.82, 2.24) is 0 Å². The summed E-state index contributed by atoms with van der Waals surface area (Å²) >= 11 is 5.86. The lowest BCUT2D eigenvalue weighted by Gasteiger charge is -2.08. The smallest absolute Gasteiger partial charge is 0.103 e. The third-order valence-electron chi connectivity index (χ3n) is 1.71. The molecule has 0 spiro atoms. The van der Waals surface area contributed by atoms with Crippen LogP contribution in [0.4, 0.5) is 5.69 Å². The molecule has 0 amide bonds. The number of anilines is 1. The molecule has 1 N–H and O–H groups in total. The van der Waals surface area contributed by atoms with Gasteiger partial charge in [-0.05, 0) is 19.1 Å². The third-order valence-corrected chi connectivity index (χ3v) is 2.02. The zero-order valence-electron chi connectivity index (χ0n) is 7.97. The highest BCUT2D eigenvalue weighted by atomic mass is 35.5. The van der Waals surface area contributed by atoms with E-state index in [2.05, 4.69) is 18.0 Å². The average Bonchev–Trinajstić information content (AvgIpc) is 2.14. The number of rotatable bonds is 3. The summed E-state index contributed by atoms with van der Waals surface area (Å²) in [6.45, 7) is 6.34. The summed E-state index contributed by atoms with van der Waals surface area (Å²) in [5.74, 6) is 0. The SMILES string of the molecule is C=C(C)CNc1cccc(Cl)c1C#N. The van der Waals surface area contributed by atoms with E-state index in [1.54, 1.807) is 6.07 Å². The van der Waals surface area contributed by atoms with E-state index >= 15 is 0 Å². The zero-order valence-corrected chi connectivity index (χ0v) is 8.73. The standard InChI is InChI=1S/C11H11ClN2/c1-8(2)7-14-11-5-3-4-10(12)9(11)6-13/h3-5,14H,1,7H2,2H3. The van der Waals surface area contributed by atoms with E-state index in [1.807, 2.05) is 19.1 Å². The minimum atomic E-state index is 0.471. The average molecular weight is 207 g/mol. The third kappa shape index (κ3) is 2.51. The zero-order chi connectivity index (χ0) is 10.6. The van der Waals surface area contributed by atoms with Crippen molar-refractivity contribution in [2.75, 3.05) is 11.9 Å². The first-order valence-corrected chi connectivity index (χ1v) is 4.60. The van der Waals surface area contributed by atoms with E-state index in [-0.39, 0.29) is 0 Å². The fourth-order valence-electron chi connectivity index (χ4n) is 1.03. The van der Waals surface area contributed by atoms with Gasteiger partial charge in [-0.3, -0.25) is 0 Å². The normalized spacial score (nSPS) is 9.21. The van der Waals surface area contributed by atoms with Gasteiger partial charge in [0.2, 0.25) is 0 Å². The first-order valence-electron chi connectivity index (χ1n) is 4.22. The van der Waals surface area contributed by atoms with Gasteiger partial charge in [-0.25, -0.2) is 0 Å². The molecule has 1 aromatic rings. The van der Waals surface area contributed by atoms with Crippen LogP contribution in [0, 0.1) is 11.3 Å². The number of nitriles is 1. The molecule has 2 nitrogen and oxygen atoms in total. The maximum absolute atomic E-state index is 8.87. The lowest BCUT2D eigenvalue weighted by molar-refractivity contribution is 1.21. The lowest BCUT2D eigenvalue weighted by Crippen LogP contribution is -2.03. The van der Waals surface area contributed by atoms with Crippen LogP contribution in [0.1, 0.15) is 12.5 Å². The molecule has 0 bridgehead atoms. The molecule has 0 saturated carbocycles. The highest BCUT2D eigenvalue weighted by Crippen LogP contribution is 2.23. The highest BCUT2D eigenvalue weighted by Gasteiger charge is 2.04. The van der Waals surface area contributed by atoms with E-state index in [0.29, 0.717) is 17.1 Å². The molecule has 0 fully saturated rings. The van der Waals surface area contributed by atoms with Crippen molar-refractivity contribution in [1.29, 1.82) is 5.26 Å². The van der Waals surface area contributed by atoms with Gasteiger partial charge in [-0.1, -0.05) is 29.8 Å². The van der Waals surface area contributed by atoms with Crippen LogP contribution in [0.5, 0.6) is 0 Å². The molecule has 0 saturated heterocycles. The second-order valence-electron chi connectivity index (χ2n) is 3.08. The summed E-state index contributed by atoms with van der Waals surface area (Å²) in [4.78, 5) is 0. The lowest BCUT2D eigenvalue weighted by atomic mass is 10.2. The van der Waals surface area contributed by atoms with Gasteiger partial charge >= 0.3 is 0 Å². The Hall–Kier alpha value is -1.46. The molecule has 0 radical (unpaired) electrons. The summed E-state index contributed by atoms with van der Waals surface area (Å²) in [7, 11) is 0. The van der Waals surface area contributed by atoms with Crippen molar-refractivity contribution < 1.29 is 0 Å². The molecule has 0 aliphatic carbocycles. The van der Waals surface area contributed by atoms with Crippen molar-refractivity contribution in [2.24, 2.45) is 0 Å². The molecule has 0 aliphatic heterocycles. The highest BCUT2D eigenvalue weighted by molar-refractivity contribution is 6.32. The Balaban J connectivity index is 2.92. The Morgan fingerprint density at radius 1 is 1.64 bits per heavy atom. The van der Waals surface area contributed by atoms with Crippen LogP contribution in [0.2, 0.25) is 5.02 Å². The summed E-state index contributed by atoms with van der Waals surface area (Å²) in [5, 5.41) is 12.4. The first kappa shape index (κ1) is 10.6. The van der Waals surface area contributed by atoms with E-state index in [9.17, 15) is 0 Å². The van der Waals surface area contributed by atoms with Crippen LogP contribution in [0.3, 0.4) is 0 Å².